The fourth-order valence-corrected chi connectivity index (χ4v) is 1.98. The zero-order valence-corrected chi connectivity index (χ0v) is 12.6. The maximum Gasteiger partial charge on any atom is 0.433 e. The molecule has 0 bridgehead atoms. The van der Waals surface area contributed by atoms with Crippen molar-refractivity contribution in [2.75, 3.05) is 27.7 Å². The van der Waals surface area contributed by atoms with Gasteiger partial charge in [0.2, 0.25) is 0 Å². The molecule has 1 aliphatic heterocycles. The van der Waals surface area contributed by atoms with Gasteiger partial charge in [-0.05, 0) is 13.2 Å². The molecule has 1 aliphatic rings. The summed E-state index contributed by atoms with van der Waals surface area (Å²) in [6.45, 7) is 7.00. The third-order valence-corrected chi connectivity index (χ3v) is 2.98. The maximum absolute atomic E-state index is 11.2. The van der Waals surface area contributed by atoms with Crippen LogP contribution in [-0.4, -0.2) is 55.5 Å². The van der Waals surface area contributed by atoms with Crippen LogP contribution in [0.5, 0.6) is 0 Å². The lowest BCUT2D eigenvalue weighted by Gasteiger charge is -2.41. The summed E-state index contributed by atoms with van der Waals surface area (Å²) in [4.78, 5) is 20.3. The minimum Gasteiger partial charge on any atom is -0.360 e. The molecule has 6 heteroatoms. The zero-order chi connectivity index (χ0) is 14.6. The molecule has 1 rings (SSSR count). The first-order valence-corrected chi connectivity index (χ1v) is 6.33. The summed E-state index contributed by atoms with van der Waals surface area (Å²) in [5.74, 6) is 0. The number of carbonyl (C=O) groups excluding carboxylic acids is 1. The van der Waals surface area contributed by atoms with Crippen molar-refractivity contribution in [2.45, 2.75) is 26.9 Å². The van der Waals surface area contributed by atoms with Crippen LogP contribution in [-0.2, 0) is 4.84 Å². The second kappa shape index (κ2) is 6.06. The molecule has 0 saturated heterocycles. The Kier molecular flexibility index (Phi) is 4.94. The summed E-state index contributed by atoms with van der Waals surface area (Å²) in [7, 11) is 5.51. The Morgan fingerprint density at radius 3 is 2.53 bits per heavy atom. The Balaban J connectivity index is 3.03. The van der Waals surface area contributed by atoms with Gasteiger partial charge < -0.3 is 10.2 Å². The topological polar surface area (TPSA) is 57.2 Å². The van der Waals surface area contributed by atoms with E-state index in [0.29, 0.717) is 0 Å². The molecule has 1 atom stereocenters. The van der Waals surface area contributed by atoms with Crippen LogP contribution in [0.25, 0.3) is 0 Å². The highest BCUT2D eigenvalue weighted by atomic mass is 16.7. The molecule has 6 nitrogen and oxygen atoms in total. The maximum atomic E-state index is 11.2. The minimum atomic E-state index is -0.557. The van der Waals surface area contributed by atoms with E-state index in [0.717, 1.165) is 12.3 Å². The van der Waals surface area contributed by atoms with Crippen molar-refractivity contribution in [3.8, 4) is 0 Å². The molecule has 0 aliphatic carbocycles. The van der Waals surface area contributed by atoms with Gasteiger partial charge in [-0.1, -0.05) is 32.0 Å². The van der Waals surface area contributed by atoms with Gasteiger partial charge in [-0.15, -0.1) is 0 Å². The summed E-state index contributed by atoms with van der Waals surface area (Å²) >= 11 is 0. The van der Waals surface area contributed by atoms with E-state index < -0.39 is 6.09 Å². The van der Waals surface area contributed by atoms with Crippen molar-refractivity contribution in [3.63, 3.8) is 0 Å². The predicted molar refractivity (Wildman–Crippen MR) is 75.8 cm³/mol. The number of nitrogens with one attached hydrogen (secondary N) is 1. The Hall–Kier alpha value is -1.56. The van der Waals surface area contributed by atoms with Crippen molar-refractivity contribution in [1.82, 2.24) is 15.1 Å². The van der Waals surface area contributed by atoms with Crippen molar-refractivity contribution < 1.29 is 9.63 Å². The van der Waals surface area contributed by atoms with Crippen LogP contribution in [0.2, 0.25) is 0 Å². The molecule has 0 fully saturated rings. The molecule has 108 valence electrons. The standard InChI is InChI=1S/C13H24N4O2/c1-13(2,3)10(15-19-12(18)14-4)11-16(5)8-7-9-17(11)6/h7-8,11H,9H2,1-6H3,(H,14,18). The van der Waals surface area contributed by atoms with Crippen molar-refractivity contribution in [1.29, 1.82) is 0 Å². The van der Waals surface area contributed by atoms with Crippen LogP contribution in [0, 0.1) is 5.41 Å². The summed E-state index contributed by atoms with van der Waals surface area (Å²) < 4.78 is 0. The van der Waals surface area contributed by atoms with Crippen LogP contribution in [0.4, 0.5) is 4.79 Å². The van der Waals surface area contributed by atoms with Crippen molar-refractivity contribution in [2.24, 2.45) is 10.6 Å². The number of carbonyl (C=O) groups is 1. The first-order chi connectivity index (χ1) is 8.77. The number of hydrogen-bond acceptors (Lipinski definition) is 5. The lowest BCUT2D eigenvalue weighted by atomic mass is 9.87. The molecule has 0 aromatic carbocycles. The van der Waals surface area contributed by atoms with E-state index in [-0.39, 0.29) is 11.6 Å². The minimum absolute atomic E-state index is 0.0188. The van der Waals surface area contributed by atoms with Gasteiger partial charge in [0.1, 0.15) is 11.9 Å². The molecule has 19 heavy (non-hydrogen) atoms. The highest BCUT2D eigenvalue weighted by molar-refractivity contribution is 5.93. The number of amides is 1. The van der Waals surface area contributed by atoms with E-state index in [1.165, 1.54) is 7.05 Å². The largest absolute Gasteiger partial charge is 0.433 e. The number of nitrogens with zero attached hydrogens (tertiary/aromatic N) is 3. The molecule has 0 radical (unpaired) electrons. The van der Waals surface area contributed by atoms with Crippen LogP contribution < -0.4 is 5.32 Å². The summed E-state index contributed by atoms with van der Waals surface area (Å²) in [6, 6.07) is 0. The lowest BCUT2D eigenvalue weighted by Crippen LogP contribution is -2.53. The van der Waals surface area contributed by atoms with E-state index in [2.05, 4.69) is 47.1 Å². The summed E-state index contributed by atoms with van der Waals surface area (Å²) in [5, 5.41) is 6.47. The van der Waals surface area contributed by atoms with E-state index in [4.69, 9.17) is 4.84 Å². The average Bonchev–Trinajstić information content (AvgIpc) is 2.30. The van der Waals surface area contributed by atoms with Crippen LogP contribution in [0.15, 0.2) is 17.4 Å². The average molecular weight is 268 g/mol. The summed E-state index contributed by atoms with van der Waals surface area (Å²) in [6.07, 6.45) is 3.52. The van der Waals surface area contributed by atoms with Gasteiger partial charge in [-0.25, -0.2) is 4.79 Å². The Morgan fingerprint density at radius 2 is 2.05 bits per heavy atom. The Morgan fingerprint density at radius 1 is 1.42 bits per heavy atom. The molecule has 0 spiro atoms. The highest BCUT2D eigenvalue weighted by Gasteiger charge is 2.34. The van der Waals surface area contributed by atoms with E-state index in [1.807, 2.05) is 20.3 Å². The smallest absolute Gasteiger partial charge is 0.360 e. The van der Waals surface area contributed by atoms with E-state index >= 15 is 0 Å². The van der Waals surface area contributed by atoms with Crippen LogP contribution in [0.3, 0.4) is 0 Å². The predicted octanol–water partition coefficient (Wildman–Crippen LogP) is 1.46. The molecule has 1 amide bonds. The van der Waals surface area contributed by atoms with Gasteiger partial charge in [0.05, 0.1) is 0 Å². The second-order valence-electron chi connectivity index (χ2n) is 5.72. The molecular formula is C13H24N4O2. The third-order valence-electron chi connectivity index (χ3n) is 2.98. The molecule has 1 N–H and O–H groups in total. The normalized spacial score (nSPS) is 21.5. The van der Waals surface area contributed by atoms with E-state index in [9.17, 15) is 4.79 Å². The SMILES string of the molecule is CNC(=O)ON=C(C1N(C)C=CCN1C)C(C)(C)C. The summed E-state index contributed by atoms with van der Waals surface area (Å²) in [5.41, 5.74) is 0.609. The third kappa shape index (κ3) is 3.96. The van der Waals surface area contributed by atoms with Gasteiger partial charge in [-0.2, -0.15) is 0 Å². The zero-order valence-electron chi connectivity index (χ0n) is 12.6. The van der Waals surface area contributed by atoms with Crippen LogP contribution in [0.1, 0.15) is 20.8 Å². The van der Waals surface area contributed by atoms with Gasteiger partial charge >= 0.3 is 6.09 Å². The number of rotatable bonds is 2. The molecule has 1 heterocycles. The van der Waals surface area contributed by atoms with E-state index in [1.54, 1.807) is 0 Å². The van der Waals surface area contributed by atoms with Gasteiger partial charge in [-0.3, -0.25) is 9.74 Å². The fraction of sp³-hybridized carbons (Fsp3) is 0.692. The molecule has 0 saturated carbocycles. The first-order valence-electron chi connectivity index (χ1n) is 6.33. The van der Waals surface area contributed by atoms with Crippen molar-refractivity contribution >= 4 is 11.8 Å². The monoisotopic (exact) mass is 268 g/mol. The highest BCUT2D eigenvalue weighted by Crippen LogP contribution is 2.24. The van der Waals surface area contributed by atoms with Crippen molar-refractivity contribution in [3.05, 3.63) is 12.3 Å². The van der Waals surface area contributed by atoms with Gasteiger partial charge in [0.15, 0.2) is 0 Å². The molecular weight excluding hydrogens is 244 g/mol. The van der Waals surface area contributed by atoms with Gasteiger partial charge in [0.25, 0.3) is 0 Å². The number of hydrogen-bond donors (Lipinski definition) is 1. The number of oxime groups is 1. The molecule has 1 unspecified atom stereocenters. The van der Waals surface area contributed by atoms with Crippen LogP contribution >= 0.6 is 0 Å². The van der Waals surface area contributed by atoms with Gasteiger partial charge in [0, 0.05) is 26.1 Å². The second-order valence-corrected chi connectivity index (χ2v) is 5.72. The first kappa shape index (κ1) is 15.5. The fourth-order valence-electron chi connectivity index (χ4n) is 1.98. The number of likely N-dealkylation sites (N-methyl/N-ethyl adjacent to an activating group) is 1. The molecule has 0 aromatic heterocycles. The lowest BCUT2D eigenvalue weighted by molar-refractivity contribution is 0.137. The molecule has 0 aromatic rings. The Bertz CT molecular complexity index is 385. The Labute approximate surface area is 115 Å². The quantitative estimate of drug-likeness (QED) is 0.468.